The quantitative estimate of drug-likeness (QED) is 0.791. The van der Waals surface area contributed by atoms with Crippen molar-refractivity contribution in [2.24, 2.45) is 0 Å². The van der Waals surface area contributed by atoms with Crippen LogP contribution in [0.2, 0.25) is 0 Å². The average molecular weight is 277 g/mol. The minimum atomic E-state index is -0.227. The molecule has 2 aliphatic rings. The molecule has 1 amide bonds. The highest BCUT2D eigenvalue weighted by Gasteiger charge is 2.48. The molecular formula is C18H15NO2. The van der Waals surface area contributed by atoms with Crippen molar-refractivity contribution in [3.63, 3.8) is 0 Å². The number of rotatable bonds is 2. The first kappa shape index (κ1) is 12.3. The van der Waals surface area contributed by atoms with Gasteiger partial charge in [-0.2, -0.15) is 0 Å². The maximum Gasteiger partial charge on any atom is 0.227 e. The molecule has 3 nitrogen and oxygen atoms in total. The van der Waals surface area contributed by atoms with E-state index in [1.165, 1.54) is 0 Å². The molecule has 2 heterocycles. The molecule has 2 aliphatic heterocycles. The van der Waals surface area contributed by atoms with Crippen LogP contribution < -0.4 is 4.90 Å². The smallest absolute Gasteiger partial charge is 0.227 e. The van der Waals surface area contributed by atoms with E-state index in [2.05, 4.69) is 0 Å². The maximum absolute atomic E-state index is 12.9. The lowest BCUT2D eigenvalue weighted by Gasteiger charge is -2.20. The van der Waals surface area contributed by atoms with Gasteiger partial charge in [0.25, 0.3) is 0 Å². The molecule has 2 aromatic rings. The van der Waals surface area contributed by atoms with E-state index in [1.54, 1.807) is 0 Å². The molecule has 3 heteroatoms. The molecule has 0 unspecified atom stereocenters. The summed E-state index contributed by atoms with van der Waals surface area (Å²) in [5, 5.41) is 0. The number of carbonyl (C=O) groups is 2. The molecule has 0 spiro atoms. The molecule has 0 aliphatic carbocycles. The van der Waals surface area contributed by atoms with Crippen molar-refractivity contribution < 1.29 is 9.59 Å². The van der Waals surface area contributed by atoms with Crippen LogP contribution in [-0.4, -0.2) is 17.7 Å². The van der Waals surface area contributed by atoms with Gasteiger partial charge in [-0.25, -0.2) is 0 Å². The van der Waals surface area contributed by atoms with Crippen molar-refractivity contribution >= 4 is 17.4 Å². The van der Waals surface area contributed by atoms with Crippen LogP contribution in [0.15, 0.2) is 54.6 Å². The summed E-state index contributed by atoms with van der Waals surface area (Å²) in [7, 11) is 0. The molecule has 21 heavy (non-hydrogen) atoms. The molecule has 0 aromatic heterocycles. The summed E-state index contributed by atoms with van der Waals surface area (Å²) in [6, 6.07) is 17.2. The van der Waals surface area contributed by atoms with Gasteiger partial charge in [-0.05, 0) is 18.1 Å². The fourth-order valence-electron chi connectivity index (χ4n) is 3.61. The standard InChI is InChI=1S/C18H15NO2/c20-16-11-10-15-17(18(21)12-6-2-1-3-7-12)13-8-4-5-9-14(13)19(15)16/h1-9,15,17H,10-11H2/t15-,17+/m1/s1. The zero-order valence-corrected chi connectivity index (χ0v) is 11.5. The van der Waals surface area contributed by atoms with Crippen LogP contribution in [0.1, 0.15) is 34.7 Å². The summed E-state index contributed by atoms with van der Waals surface area (Å²) < 4.78 is 0. The van der Waals surface area contributed by atoms with Crippen molar-refractivity contribution in [1.29, 1.82) is 0 Å². The van der Waals surface area contributed by atoms with Crippen LogP contribution in [0.25, 0.3) is 0 Å². The molecule has 0 radical (unpaired) electrons. The number of benzene rings is 2. The van der Waals surface area contributed by atoms with Crippen LogP contribution in [0.4, 0.5) is 5.69 Å². The topological polar surface area (TPSA) is 37.4 Å². The average Bonchev–Trinajstić information content (AvgIpc) is 3.06. The third kappa shape index (κ3) is 1.74. The first-order valence-corrected chi connectivity index (χ1v) is 7.27. The lowest BCUT2D eigenvalue weighted by atomic mass is 9.86. The first-order chi connectivity index (χ1) is 10.3. The zero-order chi connectivity index (χ0) is 14.4. The van der Waals surface area contributed by atoms with E-state index in [0.717, 1.165) is 23.2 Å². The number of amides is 1. The molecule has 2 aromatic carbocycles. The van der Waals surface area contributed by atoms with Gasteiger partial charge in [0, 0.05) is 17.7 Å². The molecule has 0 N–H and O–H groups in total. The highest BCUT2D eigenvalue weighted by molar-refractivity contribution is 6.08. The fraction of sp³-hybridized carbons (Fsp3) is 0.222. The molecule has 104 valence electrons. The van der Waals surface area contributed by atoms with Crippen LogP contribution in [0.3, 0.4) is 0 Å². The van der Waals surface area contributed by atoms with Gasteiger partial charge >= 0.3 is 0 Å². The number of para-hydroxylation sites is 1. The Hall–Kier alpha value is -2.42. The fourth-order valence-corrected chi connectivity index (χ4v) is 3.61. The minimum Gasteiger partial charge on any atom is -0.308 e. The highest BCUT2D eigenvalue weighted by Crippen LogP contribution is 2.47. The Morgan fingerprint density at radius 1 is 1.00 bits per heavy atom. The molecule has 0 bridgehead atoms. The Balaban J connectivity index is 1.82. The molecule has 1 fully saturated rings. The SMILES string of the molecule is O=C(c1ccccc1)[C@H]1c2ccccc2N2C(=O)CC[C@H]12. The number of hydrogen-bond donors (Lipinski definition) is 0. The van der Waals surface area contributed by atoms with Crippen LogP contribution in [0, 0.1) is 0 Å². The van der Waals surface area contributed by atoms with Crippen LogP contribution in [0.5, 0.6) is 0 Å². The summed E-state index contributed by atoms with van der Waals surface area (Å²) in [5.41, 5.74) is 2.63. The highest BCUT2D eigenvalue weighted by atomic mass is 16.2. The largest absolute Gasteiger partial charge is 0.308 e. The molecule has 1 saturated heterocycles. The Bertz CT molecular complexity index is 723. The van der Waals surface area contributed by atoms with E-state index < -0.39 is 0 Å². The van der Waals surface area contributed by atoms with Gasteiger partial charge < -0.3 is 4.90 Å². The number of anilines is 1. The van der Waals surface area contributed by atoms with E-state index >= 15 is 0 Å². The van der Waals surface area contributed by atoms with Gasteiger partial charge in [0.2, 0.25) is 5.91 Å². The molecule has 2 atom stereocenters. The number of Topliss-reactive ketones (excluding diaryl/α,β-unsaturated/α-hetero) is 1. The third-order valence-electron chi connectivity index (χ3n) is 4.51. The van der Waals surface area contributed by atoms with E-state index in [9.17, 15) is 9.59 Å². The molecule has 0 saturated carbocycles. The number of nitrogens with zero attached hydrogens (tertiary/aromatic N) is 1. The van der Waals surface area contributed by atoms with Crippen molar-refractivity contribution in [2.45, 2.75) is 24.8 Å². The van der Waals surface area contributed by atoms with Crippen molar-refractivity contribution in [3.8, 4) is 0 Å². The first-order valence-electron chi connectivity index (χ1n) is 7.27. The second-order valence-electron chi connectivity index (χ2n) is 5.64. The summed E-state index contributed by atoms with van der Waals surface area (Å²) in [6.45, 7) is 0. The predicted molar refractivity (Wildman–Crippen MR) is 80.5 cm³/mol. The van der Waals surface area contributed by atoms with Gasteiger partial charge in [-0.15, -0.1) is 0 Å². The summed E-state index contributed by atoms with van der Waals surface area (Å²) in [5.74, 6) is 0.0242. The van der Waals surface area contributed by atoms with E-state index in [1.807, 2.05) is 59.5 Å². The van der Waals surface area contributed by atoms with E-state index in [4.69, 9.17) is 0 Å². The Morgan fingerprint density at radius 3 is 2.52 bits per heavy atom. The molecule has 4 rings (SSSR count). The van der Waals surface area contributed by atoms with Gasteiger partial charge in [0.15, 0.2) is 5.78 Å². The minimum absolute atomic E-state index is 0.0115. The van der Waals surface area contributed by atoms with Gasteiger partial charge in [-0.3, -0.25) is 9.59 Å². The monoisotopic (exact) mass is 277 g/mol. The summed E-state index contributed by atoms with van der Waals surface area (Å²) in [6.07, 6.45) is 1.30. The van der Waals surface area contributed by atoms with E-state index in [0.29, 0.717) is 6.42 Å². The van der Waals surface area contributed by atoms with Crippen molar-refractivity contribution in [1.82, 2.24) is 0 Å². The van der Waals surface area contributed by atoms with Crippen molar-refractivity contribution in [3.05, 3.63) is 65.7 Å². The Morgan fingerprint density at radius 2 is 1.71 bits per heavy atom. The predicted octanol–water partition coefficient (Wildman–Crippen LogP) is 3.16. The summed E-state index contributed by atoms with van der Waals surface area (Å²) >= 11 is 0. The Kier molecular flexibility index (Phi) is 2.67. The molecular weight excluding hydrogens is 262 g/mol. The van der Waals surface area contributed by atoms with Crippen molar-refractivity contribution in [2.75, 3.05) is 4.90 Å². The van der Waals surface area contributed by atoms with Crippen LogP contribution in [-0.2, 0) is 4.79 Å². The maximum atomic E-state index is 12.9. The third-order valence-corrected chi connectivity index (χ3v) is 4.51. The number of hydrogen-bond acceptors (Lipinski definition) is 2. The number of fused-ring (bicyclic) bond motifs is 3. The second-order valence-corrected chi connectivity index (χ2v) is 5.64. The lowest BCUT2D eigenvalue weighted by molar-refractivity contribution is -0.117. The zero-order valence-electron chi connectivity index (χ0n) is 11.5. The number of ketones is 1. The second kappa shape index (κ2) is 4.55. The van der Waals surface area contributed by atoms with Gasteiger partial charge in [-0.1, -0.05) is 48.5 Å². The Labute approximate surface area is 123 Å². The van der Waals surface area contributed by atoms with Gasteiger partial charge in [0.1, 0.15) is 0 Å². The van der Waals surface area contributed by atoms with E-state index in [-0.39, 0.29) is 23.7 Å². The van der Waals surface area contributed by atoms with Crippen LogP contribution >= 0.6 is 0 Å². The van der Waals surface area contributed by atoms with Gasteiger partial charge in [0.05, 0.1) is 12.0 Å². The lowest BCUT2D eigenvalue weighted by Crippen LogP contribution is -2.33. The normalized spacial score (nSPS) is 23.0. The summed E-state index contributed by atoms with van der Waals surface area (Å²) in [4.78, 5) is 26.9. The number of carbonyl (C=O) groups excluding carboxylic acids is 2.